The SMILES string of the molecule is CCNC(=O)[C@]1(Cc2cccc(-c3ccncc3)c2)CCCN(C(=O)CC(C)(C)C)C1. The summed E-state index contributed by atoms with van der Waals surface area (Å²) in [5.41, 5.74) is 2.67. The third-order valence-electron chi connectivity index (χ3n) is 5.91. The van der Waals surface area contributed by atoms with Crippen LogP contribution < -0.4 is 5.32 Å². The summed E-state index contributed by atoms with van der Waals surface area (Å²) in [5.74, 6) is 0.198. The van der Waals surface area contributed by atoms with Gasteiger partial charge in [0.1, 0.15) is 0 Å². The maximum atomic E-state index is 13.3. The average Bonchev–Trinajstić information content (AvgIpc) is 2.74. The Kier molecular flexibility index (Phi) is 7.14. The predicted molar refractivity (Wildman–Crippen MR) is 124 cm³/mol. The topological polar surface area (TPSA) is 62.3 Å². The Balaban J connectivity index is 1.87. The van der Waals surface area contributed by atoms with Crippen LogP contribution in [0.25, 0.3) is 11.1 Å². The molecule has 0 bridgehead atoms. The minimum absolute atomic E-state index is 0.0533. The summed E-state index contributed by atoms with van der Waals surface area (Å²) in [7, 11) is 0. The lowest BCUT2D eigenvalue weighted by molar-refractivity contribution is -0.142. The maximum Gasteiger partial charge on any atom is 0.228 e. The van der Waals surface area contributed by atoms with E-state index in [9.17, 15) is 9.59 Å². The summed E-state index contributed by atoms with van der Waals surface area (Å²) in [6.07, 6.45) is 6.33. The van der Waals surface area contributed by atoms with Crippen molar-refractivity contribution in [2.45, 2.75) is 53.4 Å². The van der Waals surface area contributed by atoms with Gasteiger partial charge in [-0.05, 0) is 60.4 Å². The molecule has 1 aromatic carbocycles. The number of nitrogens with zero attached hydrogens (tertiary/aromatic N) is 2. The monoisotopic (exact) mass is 421 g/mol. The van der Waals surface area contributed by atoms with E-state index in [0.29, 0.717) is 25.9 Å². The first-order chi connectivity index (χ1) is 14.7. The van der Waals surface area contributed by atoms with Crippen molar-refractivity contribution in [3.8, 4) is 11.1 Å². The Morgan fingerprint density at radius 2 is 1.87 bits per heavy atom. The number of carbonyl (C=O) groups excluding carboxylic acids is 2. The van der Waals surface area contributed by atoms with Gasteiger partial charge in [0, 0.05) is 38.4 Å². The molecule has 2 aromatic rings. The number of carbonyl (C=O) groups is 2. The summed E-state index contributed by atoms with van der Waals surface area (Å²) < 4.78 is 0. The molecule has 0 unspecified atom stereocenters. The molecule has 0 saturated carbocycles. The van der Waals surface area contributed by atoms with Crippen LogP contribution in [0, 0.1) is 10.8 Å². The zero-order chi connectivity index (χ0) is 22.5. The molecule has 5 heteroatoms. The number of hydrogen-bond donors (Lipinski definition) is 1. The van der Waals surface area contributed by atoms with Crippen molar-refractivity contribution in [3.63, 3.8) is 0 Å². The number of amides is 2. The van der Waals surface area contributed by atoms with Crippen LogP contribution in [0.4, 0.5) is 0 Å². The first-order valence-corrected chi connectivity index (χ1v) is 11.3. The molecule has 31 heavy (non-hydrogen) atoms. The van der Waals surface area contributed by atoms with Crippen LogP contribution in [-0.2, 0) is 16.0 Å². The molecule has 1 fully saturated rings. The van der Waals surface area contributed by atoms with Crippen molar-refractivity contribution in [3.05, 3.63) is 54.4 Å². The number of hydrogen-bond acceptors (Lipinski definition) is 3. The van der Waals surface area contributed by atoms with Crippen LogP contribution >= 0.6 is 0 Å². The highest BCUT2D eigenvalue weighted by atomic mass is 16.2. The second-order valence-corrected chi connectivity index (χ2v) is 9.91. The van der Waals surface area contributed by atoms with Gasteiger partial charge in [0.2, 0.25) is 11.8 Å². The molecule has 5 nitrogen and oxygen atoms in total. The van der Waals surface area contributed by atoms with Gasteiger partial charge >= 0.3 is 0 Å². The molecule has 166 valence electrons. The van der Waals surface area contributed by atoms with Crippen molar-refractivity contribution in [2.75, 3.05) is 19.6 Å². The van der Waals surface area contributed by atoms with Gasteiger partial charge in [0.25, 0.3) is 0 Å². The smallest absolute Gasteiger partial charge is 0.228 e. The van der Waals surface area contributed by atoms with Crippen molar-refractivity contribution in [1.29, 1.82) is 0 Å². The Morgan fingerprint density at radius 1 is 1.13 bits per heavy atom. The molecule has 0 spiro atoms. The number of nitrogens with one attached hydrogen (secondary N) is 1. The molecule has 1 aromatic heterocycles. The lowest BCUT2D eigenvalue weighted by Crippen LogP contribution is -2.54. The summed E-state index contributed by atoms with van der Waals surface area (Å²) >= 11 is 0. The first-order valence-electron chi connectivity index (χ1n) is 11.3. The van der Waals surface area contributed by atoms with E-state index >= 15 is 0 Å². The molecule has 1 aliphatic heterocycles. The predicted octanol–water partition coefficient (Wildman–Crippen LogP) is 4.47. The number of rotatable bonds is 6. The van der Waals surface area contributed by atoms with Gasteiger partial charge in [-0.25, -0.2) is 0 Å². The Morgan fingerprint density at radius 3 is 2.55 bits per heavy atom. The lowest BCUT2D eigenvalue weighted by Gasteiger charge is -2.42. The fourth-order valence-electron chi connectivity index (χ4n) is 4.46. The van der Waals surface area contributed by atoms with Gasteiger partial charge in [0.15, 0.2) is 0 Å². The van der Waals surface area contributed by atoms with Crippen molar-refractivity contribution in [1.82, 2.24) is 15.2 Å². The van der Waals surface area contributed by atoms with E-state index in [0.717, 1.165) is 36.1 Å². The second kappa shape index (κ2) is 9.63. The van der Waals surface area contributed by atoms with Gasteiger partial charge < -0.3 is 10.2 Å². The normalized spacial score (nSPS) is 19.2. The number of likely N-dealkylation sites (tertiary alicyclic amines) is 1. The van der Waals surface area contributed by atoms with Crippen LogP contribution in [0.1, 0.15) is 52.5 Å². The summed E-state index contributed by atoms with van der Waals surface area (Å²) in [5, 5.41) is 3.05. The quantitative estimate of drug-likeness (QED) is 0.748. The Hall–Kier alpha value is -2.69. The maximum absolute atomic E-state index is 13.3. The molecule has 1 aliphatic rings. The van der Waals surface area contributed by atoms with Gasteiger partial charge in [0.05, 0.1) is 5.41 Å². The molecule has 0 aliphatic carbocycles. The van der Waals surface area contributed by atoms with E-state index in [2.05, 4.69) is 49.3 Å². The van der Waals surface area contributed by atoms with Crippen LogP contribution in [0.3, 0.4) is 0 Å². The van der Waals surface area contributed by atoms with E-state index in [4.69, 9.17) is 0 Å². The van der Waals surface area contributed by atoms with Gasteiger partial charge in [-0.3, -0.25) is 14.6 Å². The van der Waals surface area contributed by atoms with Crippen LogP contribution in [-0.4, -0.2) is 41.3 Å². The molecule has 3 rings (SSSR count). The van der Waals surface area contributed by atoms with E-state index in [1.165, 1.54) is 0 Å². The van der Waals surface area contributed by atoms with E-state index < -0.39 is 5.41 Å². The van der Waals surface area contributed by atoms with E-state index in [1.807, 2.05) is 30.0 Å². The van der Waals surface area contributed by atoms with Crippen LogP contribution in [0.5, 0.6) is 0 Å². The standard InChI is InChI=1S/C26H35N3O2/c1-5-28-24(31)26(12-7-15-29(19-26)23(30)18-25(2,3)4)17-20-8-6-9-22(16-20)21-10-13-27-14-11-21/h6,8-11,13-14,16H,5,7,12,15,17-19H2,1-4H3,(H,28,31)/t26-/m0/s1. The van der Waals surface area contributed by atoms with Crippen molar-refractivity contribution >= 4 is 11.8 Å². The minimum atomic E-state index is -0.599. The fraction of sp³-hybridized carbons (Fsp3) is 0.500. The highest BCUT2D eigenvalue weighted by Crippen LogP contribution is 2.36. The molecular weight excluding hydrogens is 386 g/mol. The van der Waals surface area contributed by atoms with Crippen molar-refractivity contribution in [2.24, 2.45) is 10.8 Å². The van der Waals surface area contributed by atoms with Crippen LogP contribution in [0.2, 0.25) is 0 Å². The molecule has 2 amide bonds. The van der Waals surface area contributed by atoms with Gasteiger partial charge in [-0.15, -0.1) is 0 Å². The molecule has 1 atom stereocenters. The molecular formula is C26H35N3O2. The number of benzene rings is 1. The molecule has 1 saturated heterocycles. The number of pyridine rings is 1. The highest BCUT2D eigenvalue weighted by molar-refractivity contribution is 5.85. The van der Waals surface area contributed by atoms with Gasteiger partial charge in [-0.2, -0.15) is 0 Å². The third kappa shape index (κ3) is 5.93. The zero-order valence-electron chi connectivity index (χ0n) is 19.3. The minimum Gasteiger partial charge on any atom is -0.356 e. The van der Waals surface area contributed by atoms with Crippen LogP contribution in [0.15, 0.2) is 48.8 Å². The zero-order valence-corrected chi connectivity index (χ0v) is 19.3. The average molecular weight is 422 g/mol. The van der Waals surface area contributed by atoms with E-state index in [-0.39, 0.29) is 17.2 Å². The summed E-state index contributed by atoms with van der Waals surface area (Å²) in [6, 6.07) is 12.4. The fourth-order valence-corrected chi connectivity index (χ4v) is 4.46. The van der Waals surface area contributed by atoms with Crippen molar-refractivity contribution < 1.29 is 9.59 Å². The molecule has 0 radical (unpaired) electrons. The van der Waals surface area contributed by atoms with Gasteiger partial charge in [-0.1, -0.05) is 45.0 Å². The number of piperidine rings is 1. The first kappa shape index (κ1) is 23.0. The second-order valence-electron chi connectivity index (χ2n) is 9.91. The Labute approximate surface area is 186 Å². The highest BCUT2D eigenvalue weighted by Gasteiger charge is 2.43. The Bertz CT molecular complexity index is 904. The number of aromatic nitrogens is 1. The van der Waals surface area contributed by atoms with E-state index in [1.54, 1.807) is 12.4 Å². The molecule has 2 heterocycles. The molecule has 1 N–H and O–H groups in total. The summed E-state index contributed by atoms with van der Waals surface area (Å²) in [6.45, 7) is 9.98. The summed E-state index contributed by atoms with van der Waals surface area (Å²) in [4.78, 5) is 32.3. The third-order valence-corrected chi connectivity index (χ3v) is 5.91. The largest absolute Gasteiger partial charge is 0.356 e. The lowest BCUT2D eigenvalue weighted by atomic mass is 9.73.